The van der Waals surface area contributed by atoms with Gasteiger partial charge in [0.15, 0.2) is 0 Å². The van der Waals surface area contributed by atoms with Crippen LogP contribution in [-0.2, 0) is 11.3 Å². The Morgan fingerprint density at radius 2 is 1.79 bits per heavy atom. The maximum absolute atomic E-state index is 12.6. The first kappa shape index (κ1) is 19.3. The van der Waals surface area contributed by atoms with Gasteiger partial charge in [0, 0.05) is 11.1 Å². The van der Waals surface area contributed by atoms with E-state index in [0.29, 0.717) is 5.69 Å². The van der Waals surface area contributed by atoms with Crippen molar-refractivity contribution < 1.29 is 14.7 Å². The number of aryl methyl sites for hydroxylation is 1. The summed E-state index contributed by atoms with van der Waals surface area (Å²) in [6.07, 6.45) is 0. The van der Waals surface area contributed by atoms with Gasteiger partial charge in [-0.3, -0.25) is 9.59 Å². The lowest BCUT2D eigenvalue weighted by Gasteiger charge is -2.17. The predicted octanol–water partition coefficient (Wildman–Crippen LogP) is 1.83. The number of anilines is 1. The van der Waals surface area contributed by atoms with Crippen molar-refractivity contribution in [1.29, 1.82) is 0 Å². The molecular weight excluding hydrogens is 358 g/mol. The zero-order valence-corrected chi connectivity index (χ0v) is 15.9. The normalized spacial score (nSPS) is 11.0. The summed E-state index contributed by atoms with van der Waals surface area (Å²) in [6, 6.07) is 12.0. The quantitative estimate of drug-likeness (QED) is 0.729. The number of nitrogens with one attached hydrogen (secondary N) is 1. The molecule has 0 atom stereocenters. The summed E-state index contributed by atoms with van der Waals surface area (Å²) in [6.45, 7) is 5.52. The van der Waals surface area contributed by atoms with Crippen molar-refractivity contribution in [2.75, 3.05) is 5.32 Å². The Hall–Kier alpha value is -3.48. The second-order valence-electron chi connectivity index (χ2n) is 6.89. The van der Waals surface area contributed by atoms with Crippen LogP contribution < -0.4 is 16.0 Å². The number of aromatic carboxylic acids is 1. The van der Waals surface area contributed by atoms with Gasteiger partial charge in [-0.05, 0) is 30.0 Å². The lowest BCUT2D eigenvalue weighted by atomic mass is 9.98. The van der Waals surface area contributed by atoms with Gasteiger partial charge in [-0.15, -0.1) is 0 Å². The molecule has 0 saturated heterocycles. The maximum atomic E-state index is 12.6. The molecule has 1 heterocycles. The number of carbonyl (C=O) groups is 2. The average molecular weight is 378 g/mol. The Kier molecular flexibility index (Phi) is 5.26. The Labute approximate surface area is 161 Å². The number of carbonyl (C=O) groups excluding carboxylic acids is 2. The van der Waals surface area contributed by atoms with E-state index < -0.39 is 24.0 Å². The lowest BCUT2D eigenvalue weighted by Crippen LogP contribution is -2.34. The van der Waals surface area contributed by atoms with Gasteiger partial charge in [0.25, 0.3) is 5.56 Å². The van der Waals surface area contributed by atoms with Crippen LogP contribution in [0.4, 0.5) is 5.69 Å². The van der Waals surface area contributed by atoms with Gasteiger partial charge in [-0.1, -0.05) is 50.2 Å². The number of carboxylic acids is 1. The molecule has 0 aliphatic heterocycles. The lowest BCUT2D eigenvalue weighted by molar-refractivity contribution is -0.255. The molecule has 28 heavy (non-hydrogen) atoms. The molecular formula is C21H20N3O4-. The maximum Gasteiger partial charge on any atom is 0.275 e. The van der Waals surface area contributed by atoms with Gasteiger partial charge in [-0.2, -0.15) is 5.10 Å². The fraction of sp³-hybridized carbons (Fsp3) is 0.238. The third-order valence-electron chi connectivity index (χ3n) is 4.55. The van der Waals surface area contributed by atoms with Crippen LogP contribution in [0.25, 0.3) is 10.8 Å². The highest BCUT2D eigenvalue weighted by Gasteiger charge is 2.16. The van der Waals surface area contributed by atoms with Crippen LogP contribution in [0.15, 0.2) is 47.3 Å². The smallest absolute Gasteiger partial charge is 0.275 e. The molecule has 144 valence electrons. The van der Waals surface area contributed by atoms with Crippen LogP contribution in [0.2, 0.25) is 0 Å². The number of rotatable bonds is 5. The zero-order valence-electron chi connectivity index (χ0n) is 15.9. The third kappa shape index (κ3) is 3.64. The van der Waals surface area contributed by atoms with E-state index in [4.69, 9.17) is 0 Å². The van der Waals surface area contributed by atoms with E-state index in [-0.39, 0.29) is 22.4 Å². The van der Waals surface area contributed by atoms with Crippen LogP contribution in [0.5, 0.6) is 0 Å². The number of fused-ring (bicyclic) bond motifs is 1. The molecule has 0 fully saturated rings. The minimum atomic E-state index is -1.51. The van der Waals surface area contributed by atoms with Crippen molar-refractivity contribution in [2.24, 2.45) is 0 Å². The second kappa shape index (κ2) is 7.64. The first-order valence-corrected chi connectivity index (χ1v) is 8.90. The van der Waals surface area contributed by atoms with Crippen molar-refractivity contribution in [2.45, 2.75) is 33.2 Å². The summed E-state index contributed by atoms with van der Waals surface area (Å²) < 4.78 is 0.857. The standard InChI is InChI=1S/C21H21N3O4/c1-12(2)14-10-6-7-13(3)18(14)22-17(25)11-24-20(26)16-9-5-4-8-15(16)19(23-24)21(27)28/h4-10,12H,11H2,1-3H3,(H,22,25)(H,27,28)/p-1. The first-order valence-electron chi connectivity index (χ1n) is 8.90. The number of amides is 1. The Bertz CT molecular complexity index is 1130. The topological polar surface area (TPSA) is 104 Å². The van der Waals surface area contributed by atoms with E-state index in [0.717, 1.165) is 15.8 Å². The molecule has 0 bridgehead atoms. The fourth-order valence-electron chi connectivity index (χ4n) is 3.15. The van der Waals surface area contributed by atoms with Gasteiger partial charge in [0.05, 0.1) is 11.4 Å². The molecule has 7 nitrogen and oxygen atoms in total. The minimum Gasteiger partial charge on any atom is -0.543 e. The molecule has 0 unspecified atom stereocenters. The Balaban J connectivity index is 1.98. The summed E-state index contributed by atoms with van der Waals surface area (Å²) in [5.74, 6) is -1.78. The number of nitrogens with zero attached hydrogens (tertiary/aromatic N) is 2. The van der Waals surface area contributed by atoms with Gasteiger partial charge < -0.3 is 15.2 Å². The molecule has 0 saturated carbocycles. The van der Waals surface area contributed by atoms with Crippen LogP contribution in [0.3, 0.4) is 0 Å². The highest BCUT2D eigenvalue weighted by atomic mass is 16.4. The molecule has 0 spiro atoms. The monoisotopic (exact) mass is 378 g/mol. The van der Waals surface area contributed by atoms with Crippen LogP contribution >= 0.6 is 0 Å². The van der Waals surface area contributed by atoms with Gasteiger partial charge in [0.1, 0.15) is 12.2 Å². The Morgan fingerprint density at radius 1 is 1.11 bits per heavy atom. The highest BCUT2D eigenvalue weighted by Crippen LogP contribution is 2.27. The predicted molar refractivity (Wildman–Crippen MR) is 104 cm³/mol. The fourth-order valence-corrected chi connectivity index (χ4v) is 3.15. The molecule has 1 N–H and O–H groups in total. The molecule has 3 rings (SSSR count). The summed E-state index contributed by atoms with van der Waals surface area (Å²) in [5.41, 5.74) is 1.65. The van der Waals surface area contributed by atoms with Crippen LogP contribution in [0, 0.1) is 6.92 Å². The van der Waals surface area contributed by atoms with Gasteiger partial charge in [0.2, 0.25) is 5.91 Å². The molecule has 0 aliphatic carbocycles. The average Bonchev–Trinajstić information content (AvgIpc) is 2.65. The van der Waals surface area contributed by atoms with E-state index in [2.05, 4.69) is 10.4 Å². The molecule has 7 heteroatoms. The van der Waals surface area contributed by atoms with Crippen LogP contribution in [-0.4, -0.2) is 21.7 Å². The number of aromatic nitrogens is 2. The minimum absolute atomic E-state index is 0.170. The third-order valence-corrected chi connectivity index (χ3v) is 4.55. The SMILES string of the molecule is Cc1cccc(C(C)C)c1NC(=O)Cn1nc(C(=O)[O-])c2ccccc2c1=O. The molecule has 0 radical (unpaired) electrons. The summed E-state index contributed by atoms with van der Waals surface area (Å²) in [4.78, 5) is 36.7. The number of para-hydroxylation sites is 1. The number of benzene rings is 2. The summed E-state index contributed by atoms with van der Waals surface area (Å²) >= 11 is 0. The van der Waals surface area contributed by atoms with Crippen LogP contribution in [0.1, 0.15) is 41.4 Å². The highest BCUT2D eigenvalue weighted by molar-refractivity contribution is 6.00. The largest absolute Gasteiger partial charge is 0.543 e. The van der Waals surface area contributed by atoms with E-state index in [1.54, 1.807) is 12.1 Å². The van der Waals surface area contributed by atoms with E-state index in [1.165, 1.54) is 12.1 Å². The van der Waals surface area contributed by atoms with Crippen molar-refractivity contribution >= 4 is 28.3 Å². The van der Waals surface area contributed by atoms with Crippen molar-refractivity contribution in [1.82, 2.24) is 9.78 Å². The molecule has 3 aromatic rings. The molecule has 2 aromatic carbocycles. The Morgan fingerprint density at radius 3 is 2.43 bits per heavy atom. The van der Waals surface area contributed by atoms with E-state index >= 15 is 0 Å². The van der Waals surface area contributed by atoms with E-state index in [9.17, 15) is 19.5 Å². The first-order chi connectivity index (χ1) is 13.3. The summed E-state index contributed by atoms with van der Waals surface area (Å²) in [7, 11) is 0. The number of hydrogen-bond acceptors (Lipinski definition) is 5. The molecule has 0 aliphatic rings. The number of carboxylic acid groups (broad SMARTS) is 1. The molecule has 1 amide bonds. The van der Waals surface area contributed by atoms with Crippen molar-refractivity contribution in [3.63, 3.8) is 0 Å². The van der Waals surface area contributed by atoms with Crippen molar-refractivity contribution in [3.05, 3.63) is 69.6 Å². The van der Waals surface area contributed by atoms with Crippen molar-refractivity contribution in [3.8, 4) is 0 Å². The van der Waals surface area contributed by atoms with E-state index in [1.807, 2.05) is 39.0 Å². The van der Waals surface area contributed by atoms with Gasteiger partial charge >= 0.3 is 0 Å². The number of hydrogen-bond donors (Lipinski definition) is 1. The molecule has 1 aromatic heterocycles. The zero-order chi connectivity index (χ0) is 20.4. The second-order valence-corrected chi connectivity index (χ2v) is 6.89. The summed E-state index contributed by atoms with van der Waals surface area (Å²) in [5, 5.41) is 18.5. The van der Waals surface area contributed by atoms with Gasteiger partial charge in [-0.25, -0.2) is 4.68 Å².